The van der Waals surface area contributed by atoms with Crippen molar-refractivity contribution in [2.45, 2.75) is 19.5 Å². The Morgan fingerprint density at radius 1 is 1.19 bits per heavy atom. The zero-order valence-corrected chi connectivity index (χ0v) is 18.8. The largest absolute Gasteiger partial charge is 0.503 e. The molecule has 0 radical (unpaired) electrons. The van der Waals surface area contributed by atoms with Gasteiger partial charge in [-0.25, -0.2) is 0 Å². The number of aryl methyl sites for hydroxylation is 1. The van der Waals surface area contributed by atoms with Crippen molar-refractivity contribution in [1.82, 2.24) is 4.90 Å². The van der Waals surface area contributed by atoms with E-state index in [4.69, 9.17) is 13.6 Å². The van der Waals surface area contributed by atoms with E-state index in [2.05, 4.69) is 15.9 Å². The van der Waals surface area contributed by atoms with Crippen LogP contribution in [0.25, 0.3) is 11.0 Å². The van der Waals surface area contributed by atoms with E-state index in [1.807, 2.05) is 13.0 Å². The van der Waals surface area contributed by atoms with Crippen LogP contribution in [0.15, 0.2) is 66.8 Å². The number of amides is 1. The van der Waals surface area contributed by atoms with Crippen LogP contribution >= 0.6 is 15.9 Å². The molecule has 0 aliphatic carbocycles. The number of hydrogen-bond acceptors (Lipinski definition) is 6. The first-order valence-electron chi connectivity index (χ1n) is 9.86. The fraction of sp³-hybridized carbons (Fsp3) is 0.167. The second kappa shape index (κ2) is 7.56. The summed E-state index contributed by atoms with van der Waals surface area (Å²) in [4.78, 5) is 28.6. The van der Waals surface area contributed by atoms with Crippen LogP contribution in [0.3, 0.4) is 0 Å². The molecular weight excluding hydrogens is 478 g/mol. The first-order chi connectivity index (χ1) is 15.4. The molecule has 0 fully saturated rings. The summed E-state index contributed by atoms with van der Waals surface area (Å²) in [7, 11) is 1.43. The number of furan rings is 1. The smallest absolute Gasteiger partial charge is 0.291 e. The molecule has 3 heterocycles. The molecule has 7 nitrogen and oxygen atoms in total. The van der Waals surface area contributed by atoms with Crippen LogP contribution in [0.5, 0.6) is 11.5 Å². The predicted molar refractivity (Wildman–Crippen MR) is 120 cm³/mol. The normalized spacial score (nSPS) is 15.4. The molecule has 1 N–H and O–H groups in total. The van der Waals surface area contributed by atoms with Gasteiger partial charge in [-0.3, -0.25) is 9.59 Å². The van der Waals surface area contributed by atoms with E-state index >= 15 is 0 Å². The minimum Gasteiger partial charge on any atom is -0.503 e. The molecule has 8 heteroatoms. The summed E-state index contributed by atoms with van der Waals surface area (Å²) in [5.41, 5.74) is 1.83. The molecule has 2 aromatic heterocycles. The van der Waals surface area contributed by atoms with Crippen LogP contribution in [0.4, 0.5) is 0 Å². The Kier molecular flexibility index (Phi) is 4.82. The predicted octanol–water partition coefficient (Wildman–Crippen LogP) is 4.92. The number of nitrogens with zero attached hydrogens (tertiary/aromatic N) is 1. The molecule has 1 aliphatic rings. The van der Waals surface area contributed by atoms with Gasteiger partial charge in [0, 0.05) is 0 Å². The molecule has 1 atom stereocenters. The van der Waals surface area contributed by atoms with E-state index in [9.17, 15) is 14.7 Å². The number of fused-ring (bicyclic) bond motifs is 2. The van der Waals surface area contributed by atoms with E-state index in [0.29, 0.717) is 26.8 Å². The molecule has 0 bridgehead atoms. The lowest BCUT2D eigenvalue weighted by Crippen LogP contribution is -2.29. The van der Waals surface area contributed by atoms with Crippen molar-refractivity contribution in [3.63, 3.8) is 0 Å². The lowest BCUT2D eigenvalue weighted by Gasteiger charge is -2.25. The highest BCUT2D eigenvalue weighted by atomic mass is 79.9. The van der Waals surface area contributed by atoms with Gasteiger partial charge < -0.3 is 23.6 Å². The maximum atomic E-state index is 13.6. The third kappa shape index (κ3) is 3.10. The molecule has 4 aromatic rings. The number of methoxy groups -OCH3 is 1. The topological polar surface area (TPSA) is 93.1 Å². The number of phenols is 1. The summed E-state index contributed by atoms with van der Waals surface area (Å²) in [6, 6.07) is 11.3. The van der Waals surface area contributed by atoms with E-state index in [-0.39, 0.29) is 34.8 Å². The minimum absolute atomic E-state index is 0.00562. The number of carbonyl (C=O) groups excluding carboxylic acids is 1. The van der Waals surface area contributed by atoms with Gasteiger partial charge in [-0.1, -0.05) is 11.6 Å². The Balaban J connectivity index is 1.78. The average Bonchev–Trinajstić information content (AvgIpc) is 3.38. The molecule has 1 aliphatic heterocycles. The zero-order chi connectivity index (χ0) is 22.6. The van der Waals surface area contributed by atoms with Gasteiger partial charge in [-0.05, 0) is 64.8 Å². The molecule has 1 unspecified atom stereocenters. The van der Waals surface area contributed by atoms with E-state index in [0.717, 1.165) is 5.56 Å². The van der Waals surface area contributed by atoms with Crippen LogP contribution in [-0.2, 0) is 6.54 Å². The lowest BCUT2D eigenvalue weighted by atomic mass is 9.97. The van der Waals surface area contributed by atoms with Gasteiger partial charge in [0.1, 0.15) is 11.3 Å². The van der Waals surface area contributed by atoms with Crippen molar-refractivity contribution in [3.8, 4) is 11.5 Å². The summed E-state index contributed by atoms with van der Waals surface area (Å²) >= 11 is 3.33. The maximum Gasteiger partial charge on any atom is 0.291 e. The van der Waals surface area contributed by atoms with Crippen LogP contribution < -0.4 is 10.2 Å². The third-order valence-electron chi connectivity index (χ3n) is 5.61. The van der Waals surface area contributed by atoms with Crippen LogP contribution in [-0.4, -0.2) is 23.0 Å². The van der Waals surface area contributed by atoms with Gasteiger partial charge in [0.2, 0.25) is 5.76 Å². The van der Waals surface area contributed by atoms with Crippen molar-refractivity contribution >= 4 is 32.8 Å². The van der Waals surface area contributed by atoms with Crippen molar-refractivity contribution < 1.29 is 23.5 Å². The Bertz CT molecular complexity index is 1420. The standard InChI is InChI=1S/C24H18BrNO6/c1-12-5-6-17-15(8-12)21(27)19-20(13-9-16(25)22(28)18(10-13)30-2)26(24(29)23(19)32-17)11-14-4-3-7-31-14/h3-10,20,28H,11H2,1-2H3. The second-order valence-corrected chi connectivity index (χ2v) is 8.50. The second-order valence-electron chi connectivity index (χ2n) is 7.64. The number of phenolic OH excluding ortho intramolecular Hbond substituents is 1. The fourth-order valence-corrected chi connectivity index (χ4v) is 4.58. The van der Waals surface area contributed by atoms with Gasteiger partial charge in [0.25, 0.3) is 5.91 Å². The van der Waals surface area contributed by atoms with Crippen LogP contribution in [0.2, 0.25) is 0 Å². The summed E-state index contributed by atoms with van der Waals surface area (Å²) in [5.74, 6) is 0.304. The van der Waals surface area contributed by atoms with Gasteiger partial charge in [0.15, 0.2) is 16.9 Å². The van der Waals surface area contributed by atoms with E-state index < -0.39 is 11.9 Å². The van der Waals surface area contributed by atoms with Gasteiger partial charge in [-0.15, -0.1) is 0 Å². The number of ether oxygens (including phenoxy) is 1. The first kappa shape index (κ1) is 20.4. The monoisotopic (exact) mass is 495 g/mol. The Labute approximate surface area is 191 Å². The lowest BCUT2D eigenvalue weighted by molar-refractivity contribution is 0.0701. The van der Waals surface area contributed by atoms with Crippen molar-refractivity contribution in [1.29, 1.82) is 0 Å². The quantitative estimate of drug-likeness (QED) is 0.432. The van der Waals surface area contributed by atoms with Crippen molar-refractivity contribution in [2.75, 3.05) is 7.11 Å². The summed E-state index contributed by atoms with van der Waals surface area (Å²) < 4.78 is 17.1. The van der Waals surface area contributed by atoms with Crippen LogP contribution in [0, 0.1) is 6.92 Å². The number of hydrogen-bond donors (Lipinski definition) is 1. The number of halogens is 1. The molecule has 0 saturated carbocycles. The Morgan fingerprint density at radius 3 is 2.72 bits per heavy atom. The molecule has 1 amide bonds. The van der Waals surface area contributed by atoms with Gasteiger partial charge in [-0.2, -0.15) is 0 Å². The summed E-state index contributed by atoms with van der Waals surface area (Å²) in [5, 5.41) is 10.7. The Hall–Kier alpha value is -3.52. The highest BCUT2D eigenvalue weighted by molar-refractivity contribution is 9.10. The molecular formula is C24H18BrNO6. The molecule has 0 spiro atoms. The fourth-order valence-electron chi connectivity index (χ4n) is 4.12. The maximum absolute atomic E-state index is 13.6. The van der Waals surface area contributed by atoms with Crippen LogP contribution in [0.1, 0.15) is 39.0 Å². The number of benzene rings is 2. The number of aromatic hydroxyl groups is 1. The average molecular weight is 496 g/mol. The molecule has 0 saturated heterocycles. The molecule has 32 heavy (non-hydrogen) atoms. The highest BCUT2D eigenvalue weighted by Gasteiger charge is 2.43. The number of rotatable bonds is 4. The molecule has 162 valence electrons. The van der Waals surface area contributed by atoms with E-state index in [1.165, 1.54) is 18.3 Å². The van der Waals surface area contributed by atoms with Crippen molar-refractivity contribution in [3.05, 3.63) is 91.6 Å². The molecule has 5 rings (SSSR count). The van der Waals surface area contributed by atoms with Crippen molar-refractivity contribution in [2.24, 2.45) is 0 Å². The van der Waals surface area contributed by atoms with Gasteiger partial charge >= 0.3 is 0 Å². The molecule has 2 aromatic carbocycles. The third-order valence-corrected chi connectivity index (χ3v) is 6.22. The summed E-state index contributed by atoms with van der Waals surface area (Å²) in [6.07, 6.45) is 1.53. The number of carbonyl (C=O) groups is 1. The van der Waals surface area contributed by atoms with E-state index in [1.54, 1.807) is 36.4 Å². The minimum atomic E-state index is -0.755. The summed E-state index contributed by atoms with van der Waals surface area (Å²) in [6.45, 7) is 2.02. The van der Waals surface area contributed by atoms with Gasteiger partial charge in [0.05, 0.1) is 41.4 Å². The SMILES string of the molecule is COc1cc(C2c3c(oc4ccc(C)cc4c3=O)C(=O)N2Cc2ccco2)cc(Br)c1O. The first-order valence-corrected chi connectivity index (χ1v) is 10.7. The Morgan fingerprint density at radius 2 is 2.00 bits per heavy atom. The zero-order valence-electron chi connectivity index (χ0n) is 17.2. The highest BCUT2D eigenvalue weighted by Crippen LogP contribution is 2.44.